The Morgan fingerprint density at radius 1 is 1.15 bits per heavy atom. The van der Waals surface area contributed by atoms with Crippen molar-refractivity contribution in [1.82, 2.24) is 4.90 Å². The number of aromatic hydroxyl groups is 1. The van der Waals surface area contributed by atoms with Crippen molar-refractivity contribution in [2.24, 2.45) is 0 Å². The molecule has 1 N–H and O–H groups in total. The number of hydrogen-bond donors (Lipinski definition) is 1. The Balaban J connectivity index is 2.22. The zero-order valence-electron chi connectivity index (χ0n) is 13.6. The number of phenolic OH excluding ortho intramolecular Hbond substituents is 1. The summed E-state index contributed by atoms with van der Waals surface area (Å²) in [6.07, 6.45) is -4.29. The molecule has 3 rings (SSSR count). The lowest BCUT2D eigenvalue weighted by Gasteiger charge is -2.42. The summed E-state index contributed by atoms with van der Waals surface area (Å²) >= 11 is 2.98. The largest absolute Gasteiger partial charge is 0.508 e. The predicted molar refractivity (Wildman–Crippen MR) is 89.9 cm³/mol. The van der Waals surface area contributed by atoms with Crippen LogP contribution in [0.4, 0.5) is 22.0 Å². The number of fused-ring (bicyclic) bond motifs is 1. The van der Waals surface area contributed by atoms with E-state index in [9.17, 15) is 27.1 Å². The second kappa shape index (κ2) is 6.81. The second-order valence-electron chi connectivity index (χ2n) is 6.41. The van der Waals surface area contributed by atoms with Crippen LogP contribution in [0.5, 0.6) is 5.75 Å². The Kier molecular flexibility index (Phi) is 5.00. The van der Waals surface area contributed by atoms with Gasteiger partial charge in [0.15, 0.2) is 0 Å². The normalized spacial score (nSPS) is 20.9. The van der Waals surface area contributed by atoms with E-state index < -0.39 is 42.0 Å². The summed E-state index contributed by atoms with van der Waals surface area (Å²) in [4.78, 5) is 1.05. The minimum atomic E-state index is -4.52. The first-order chi connectivity index (χ1) is 12.1. The highest BCUT2D eigenvalue weighted by Crippen LogP contribution is 2.42. The molecule has 2 atom stereocenters. The van der Waals surface area contributed by atoms with E-state index in [0.29, 0.717) is 11.1 Å². The van der Waals surface area contributed by atoms with Crippen LogP contribution in [0.15, 0.2) is 34.8 Å². The zero-order valence-corrected chi connectivity index (χ0v) is 15.2. The Hall–Kier alpha value is -1.67. The lowest BCUT2D eigenvalue weighted by Crippen LogP contribution is -2.47. The van der Waals surface area contributed by atoms with Crippen LogP contribution in [0.25, 0.3) is 0 Å². The molecule has 0 unspecified atom stereocenters. The lowest BCUT2D eigenvalue weighted by atomic mass is 9.84. The van der Waals surface area contributed by atoms with Crippen LogP contribution in [0.3, 0.4) is 0 Å². The molecule has 0 fully saturated rings. The third-order valence-corrected chi connectivity index (χ3v) is 4.97. The van der Waals surface area contributed by atoms with Crippen molar-refractivity contribution >= 4 is 15.9 Å². The maximum atomic E-state index is 14.6. The quantitative estimate of drug-likeness (QED) is 0.644. The van der Waals surface area contributed by atoms with Crippen molar-refractivity contribution in [2.45, 2.75) is 31.6 Å². The second-order valence-corrected chi connectivity index (χ2v) is 7.33. The van der Waals surface area contributed by atoms with Crippen molar-refractivity contribution in [3.05, 3.63) is 63.1 Å². The smallest absolute Gasteiger partial charge is 0.401 e. The van der Waals surface area contributed by atoms with Crippen LogP contribution in [0.2, 0.25) is 0 Å². The summed E-state index contributed by atoms with van der Waals surface area (Å²) in [7, 11) is 0. The molecule has 8 heteroatoms. The van der Waals surface area contributed by atoms with E-state index in [4.69, 9.17) is 0 Å². The molecule has 0 saturated carbocycles. The van der Waals surface area contributed by atoms with E-state index in [0.717, 1.165) is 17.0 Å². The number of nitrogens with zero attached hydrogens (tertiary/aromatic N) is 1. The third kappa shape index (κ3) is 3.71. The summed E-state index contributed by atoms with van der Waals surface area (Å²) in [6.45, 7) is 0.272. The van der Waals surface area contributed by atoms with Gasteiger partial charge in [-0.2, -0.15) is 13.2 Å². The van der Waals surface area contributed by atoms with Gasteiger partial charge in [-0.05, 0) is 48.7 Å². The van der Waals surface area contributed by atoms with Gasteiger partial charge in [0.05, 0.1) is 12.6 Å². The SMILES string of the molecule is C[C@@H]1Cc2cc(O)ccc2[C@@H](c2c(F)cc(Br)cc2F)N1CC(F)(F)F. The fourth-order valence-corrected chi connectivity index (χ4v) is 3.90. The topological polar surface area (TPSA) is 23.5 Å². The monoisotopic (exact) mass is 435 g/mol. The lowest BCUT2D eigenvalue weighted by molar-refractivity contribution is -0.155. The summed E-state index contributed by atoms with van der Waals surface area (Å²) in [5.74, 6) is -1.90. The fraction of sp³-hybridized carbons (Fsp3) is 0.333. The van der Waals surface area contributed by atoms with Crippen molar-refractivity contribution in [3.63, 3.8) is 0 Å². The highest BCUT2D eigenvalue weighted by Gasteiger charge is 2.42. The van der Waals surface area contributed by atoms with Crippen molar-refractivity contribution in [2.75, 3.05) is 6.54 Å². The molecule has 2 aromatic carbocycles. The van der Waals surface area contributed by atoms with Crippen LogP contribution >= 0.6 is 15.9 Å². The summed E-state index contributed by atoms with van der Waals surface area (Å²) in [5.41, 5.74) is 0.490. The first-order valence-corrected chi connectivity index (χ1v) is 8.65. The van der Waals surface area contributed by atoms with Crippen molar-refractivity contribution < 1.29 is 27.1 Å². The van der Waals surface area contributed by atoms with Gasteiger partial charge in [0.1, 0.15) is 17.4 Å². The van der Waals surface area contributed by atoms with Crippen LogP contribution in [0, 0.1) is 11.6 Å². The summed E-state index contributed by atoms with van der Waals surface area (Å²) in [5, 5.41) is 9.68. The number of phenols is 1. The Labute approximate surface area is 155 Å². The molecule has 1 heterocycles. The molecular formula is C18H15BrF5NO. The molecule has 2 nitrogen and oxygen atoms in total. The van der Waals surface area contributed by atoms with E-state index in [1.54, 1.807) is 6.92 Å². The van der Waals surface area contributed by atoms with Gasteiger partial charge in [-0.15, -0.1) is 0 Å². The minimum Gasteiger partial charge on any atom is -0.508 e. The highest BCUT2D eigenvalue weighted by atomic mass is 79.9. The molecule has 140 valence electrons. The van der Waals surface area contributed by atoms with Gasteiger partial charge >= 0.3 is 6.18 Å². The number of alkyl halides is 3. The number of hydrogen-bond acceptors (Lipinski definition) is 2. The zero-order chi connectivity index (χ0) is 19.2. The molecule has 0 aromatic heterocycles. The molecule has 0 radical (unpaired) electrons. The van der Waals surface area contributed by atoms with E-state index in [-0.39, 0.29) is 16.6 Å². The first kappa shape index (κ1) is 19.1. The number of benzene rings is 2. The van der Waals surface area contributed by atoms with Crippen LogP contribution in [-0.2, 0) is 6.42 Å². The standard InChI is InChI=1S/C18H15BrF5NO/c1-9-4-10-5-12(26)2-3-13(10)17(25(9)8-18(22,23)24)16-14(20)6-11(19)7-15(16)21/h2-3,5-7,9,17,26H,4,8H2,1H3/t9-,17+/m1/s1. The molecule has 0 amide bonds. The molecule has 0 aliphatic carbocycles. The molecule has 0 saturated heterocycles. The predicted octanol–water partition coefficient (Wildman–Crippen LogP) is 5.33. The fourth-order valence-electron chi connectivity index (χ4n) is 3.49. The summed E-state index contributed by atoms with van der Waals surface area (Å²) in [6, 6.07) is 4.35. The number of halogens is 6. The maximum absolute atomic E-state index is 14.6. The molecule has 0 bridgehead atoms. The molecular weight excluding hydrogens is 421 g/mol. The van der Waals surface area contributed by atoms with Gasteiger partial charge in [0, 0.05) is 16.1 Å². The molecule has 1 aliphatic heterocycles. The van der Waals surface area contributed by atoms with Gasteiger partial charge in [0.25, 0.3) is 0 Å². The Morgan fingerprint density at radius 3 is 2.35 bits per heavy atom. The molecule has 0 spiro atoms. The van der Waals surface area contributed by atoms with Gasteiger partial charge in [-0.25, -0.2) is 8.78 Å². The van der Waals surface area contributed by atoms with E-state index >= 15 is 0 Å². The molecule has 26 heavy (non-hydrogen) atoms. The Bertz CT molecular complexity index is 816. The average molecular weight is 436 g/mol. The van der Waals surface area contributed by atoms with Crippen LogP contribution in [0.1, 0.15) is 29.7 Å². The minimum absolute atomic E-state index is 0.0456. The number of rotatable bonds is 2. The highest BCUT2D eigenvalue weighted by molar-refractivity contribution is 9.10. The molecule has 1 aliphatic rings. The van der Waals surface area contributed by atoms with Gasteiger partial charge in [0.2, 0.25) is 0 Å². The van der Waals surface area contributed by atoms with Crippen molar-refractivity contribution in [1.29, 1.82) is 0 Å². The van der Waals surface area contributed by atoms with Gasteiger partial charge in [-0.1, -0.05) is 22.0 Å². The average Bonchev–Trinajstić information content (AvgIpc) is 2.47. The molecule has 2 aromatic rings. The van der Waals surface area contributed by atoms with Crippen molar-refractivity contribution in [3.8, 4) is 5.75 Å². The van der Waals surface area contributed by atoms with E-state index in [1.807, 2.05) is 0 Å². The third-order valence-electron chi connectivity index (χ3n) is 4.51. The van der Waals surface area contributed by atoms with Crippen LogP contribution in [-0.4, -0.2) is 28.8 Å². The van der Waals surface area contributed by atoms with E-state index in [1.165, 1.54) is 18.2 Å². The first-order valence-electron chi connectivity index (χ1n) is 7.85. The maximum Gasteiger partial charge on any atom is 0.401 e. The summed E-state index contributed by atoms with van der Waals surface area (Å²) < 4.78 is 68.7. The van der Waals surface area contributed by atoms with Crippen LogP contribution < -0.4 is 0 Å². The van der Waals surface area contributed by atoms with Gasteiger partial charge < -0.3 is 5.11 Å². The van der Waals surface area contributed by atoms with Gasteiger partial charge in [-0.3, -0.25) is 4.90 Å². The van der Waals surface area contributed by atoms with E-state index in [2.05, 4.69) is 15.9 Å². The Morgan fingerprint density at radius 2 is 1.77 bits per heavy atom.